The minimum absolute atomic E-state index is 0.00146. The molecule has 0 saturated heterocycles. The minimum Gasteiger partial charge on any atom is -0.481 e. The van der Waals surface area contributed by atoms with Crippen LogP contribution >= 0.6 is 0 Å². The van der Waals surface area contributed by atoms with Crippen LogP contribution in [-0.2, 0) is 19.1 Å². The highest BCUT2D eigenvalue weighted by Gasteiger charge is 2.28. The molecule has 0 aliphatic heterocycles. The lowest BCUT2D eigenvalue weighted by atomic mass is 9.98. The molecule has 1 unspecified atom stereocenters. The van der Waals surface area contributed by atoms with Gasteiger partial charge < -0.3 is 25.2 Å². The first-order valence-corrected chi connectivity index (χ1v) is 11.1. The molecule has 0 aromatic heterocycles. The van der Waals surface area contributed by atoms with Crippen LogP contribution in [0.2, 0.25) is 0 Å². The molecular weight excluding hydrogens is 424 g/mol. The van der Waals surface area contributed by atoms with E-state index in [1.54, 1.807) is 6.92 Å². The van der Waals surface area contributed by atoms with Crippen molar-refractivity contribution >= 4 is 18.0 Å². The first kappa shape index (κ1) is 24.3. The quantitative estimate of drug-likeness (QED) is 0.425. The SMILES string of the molecule is CC(CCCNC(=O)COCCNC(=O)OCC1c2ccccc2-c2ccccc21)C(=O)O. The Labute approximate surface area is 193 Å². The lowest BCUT2D eigenvalue weighted by Crippen LogP contribution is -2.32. The van der Waals surface area contributed by atoms with Crippen LogP contribution in [0.15, 0.2) is 48.5 Å². The van der Waals surface area contributed by atoms with Crippen LogP contribution in [0.4, 0.5) is 4.79 Å². The summed E-state index contributed by atoms with van der Waals surface area (Å²) in [6.07, 6.45) is 0.556. The molecule has 3 rings (SSSR count). The van der Waals surface area contributed by atoms with E-state index in [1.165, 1.54) is 11.1 Å². The average Bonchev–Trinajstić information content (AvgIpc) is 3.13. The van der Waals surface area contributed by atoms with Gasteiger partial charge in [-0.15, -0.1) is 0 Å². The van der Waals surface area contributed by atoms with Crippen LogP contribution in [0, 0.1) is 5.92 Å². The molecule has 2 aromatic carbocycles. The zero-order valence-electron chi connectivity index (χ0n) is 18.7. The molecule has 2 amide bonds. The van der Waals surface area contributed by atoms with E-state index < -0.39 is 18.0 Å². The number of ether oxygens (including phenoxy) is 2. The molecule has 0 bridgehead atoms. The second-order valence-corrected chi connectivity index (χ2v) is 8.04. The number of nitrogens with one attached hydrogen (secondary N) is 2. The number of hydrogen-bond acceptors (Lipinski definition) is 5. The van der Waals surface area contributed by atoms with Gasteiger partial charge in [0.2, 0.25) is 5.91 Å². The van der Waals surface area contributed by atoms with Crippen LogP contribution in [0.3, 0.4) is 0 Å². The number of carbonyl (C=O) groups is 3. The number of alkyl carbamates (subject to hydrolysis) is 1. The van der Waals surface area contributed by atoms with Crippen molar-refractivity contribution in [3.63, 3.8) is 0 Å². The predicted molar refractivity (Wildman–Crippen MR) is 123 cm³/mol. The number of hydrogen-bond donors (Lipinski definition) is 3. The van der Waals surface area contributed by atoms with Gasteiger partial charge in [0.1, 0.15) is 13.2 Å². The molecule has 1 aliphatic carbocycles. The molecule has 0 heterocycles. The Morgan fingerprint density at radius 3 is 2.24 bits per heavy atom. The lowest BCUT2D eigenvalue weighted by molar-refractivity contribution is -0.141. The molecule has 1 atom stereocenters. The van der Waals surface area contributed by atoms with Crippen molar-refractivity contribution in [3.8, 4) is 11.1 Å². The Bertz CT molecular complexity index is 931. The average molecular weight is 455 g/mol. The Balaban J connectivity index is 1.30. The summed E-state index contributed by atoms with van der Waals surface area (Å²) >= 11 is 0. The first-order valence-electron chi connectivity index (χ1n) is 11.1. The Kier molecular flexibility index (Phi) is 8.83. The highest BCUT2D eigenvalue weighted by atomic mass is 16.5. The van der Waals surface area contributed by atoms with Crippen molar-refractivity contribution in [1.29, 1.82) is 0 Å². The molecule has 0 spiro atoms. The second kappa shape index (κ2) is 12.0. The second-order valence-electron chi connectivity index (χ2n) is 8.04. The number of fused-ring (bicyclic) bond motifs is 3. The third-order valence-electron chi connectivity index (χ3n) is 5.65. The van der Waals surface area contributed by atoms with Gasteiger partial charge >= 0.3 is 12.1 Å². The molecule has 176 valence electrons. The Hall–Kier alpha value is -3.39. The number of aliphatic carboxylic acids is 1. The highest BCUT2D eigenvalue weighted by Crippen LogP contribution is 2.44. The van der Waals surface area contributed by atoms with E-state index in [1.807, 2.05) is 24.3 Å². The minimum atomic E-state index is -0.839. The standard InChI is InChI=1S/C25H30N2O6/c1-17(24(29)30)7-6-12-26-23(28)16-32-14-13-27-25(31)33-15-22-20-10-4-2-8-18(20)19-9-3-5-11-21(19)22/h2-5,8-11,17,22H,6-7,12-16H2,1H3,(H,26,28)(H,27,31)(H,29,30). The normalized spacial score (nSPS) is 13.0. The zero-order chi connectivity index (χ0) is 23.6. The summed E-state index contributed by atoms with van der Waals surface area (Å²) < 4.78 is 10.7. The summed E-state index contributed by atoms with van der Waals surface area (Å²) in [5.41, 5.74) is 4.65. The van der Waals surface area contributed by atoms with Crippen LogP contribution in [-0.4, -0.2) is 56.0 Å². The van der Waals surface area contributed by atoms with E-state index in [0.29, 0.717) is 19.4 Å². The largest absolute Gasteiger partial charge is 0.481 e. The smallest absolute Gasteiger partial charge is 0.407 e. The predicted octanol–water partition coefficient (Wildman–Crippen LogP) is 3.16. The highest BCUT2D eigenvalue weighted by molar-refractivity contribution is 5.79. The molecule has 8 nitrogen and oxygen atoms in total. The fourth-order valence-corrected chi connectivity index (χ4v) is 3.85. The molecule has 0 radical (unpaired) electrons. The van der Waals surface area contributed by atoms with Crippen molar-refractivity contribution in [2.45, 2.75) is 25.7 Å². The third-order valence-corrected chi connectivity index (χ3v) is 5.65. The van der Waals surface area contributed by atoms with Crippen LogP contribution in [0.25, 0.3) is 11.1 Å². The molecule has 3 N–H and O–H groups in total. The van der Waals surface area contributed by atoms with Gasteiger partial charge in [0, 0.05) is 19.0 Å². The van der Waals surface area contributed by atoms with Crippen molar-refractivity contribution in [1.82, 2.24) is 10.6 Å². The maximum Gasteiger partial charge on any atom is 0.407 e. The summed E-state index contributed by atoms with van der Waals surface area (Å²) in [4.78, 5) is 34.5. The van der Waals surface area contributed by atoms with Gasteiger partial charge in [0.25, 0.3) is 0 Å². The monoisotopic (exact) mass is 454 g/mol. The summed E-state index contributed by atoms with van der Waals surface area (Å²) in [6.45, 7) is 2.55. The van der Waals surface area contributed by atoms with Gasteiger partial charge in [-0.05, 0) is 35.1 Å². The maximum absolute atomic E-state index is 12.1. The summed E-state index contributed by atoms with van der Waals surface area (Å²) in [5, 5.41) is 14.1. The van der Waals surface area contributed by atoms with Crippen LogP contribution in [0.1, 0.15) is 36.8 Å². The number of amides is 2. The lowest BCUT2D eigenvalue weighted by Gasteiger charge is -2.14. The van der Waals surface area contributed by atoms with Crippen LogP contribution < -0.4 is 10.6 Å². The van der Waals surface area contributed by atoms with Crippen molar-refractivity contribution in [2.75, 3.05) is 32.9 Å². The molecule has 8 heteroatoms. The summed E-state index contributed by atoms with van der Waals surface area (Å²) in [5.74, 6) is -1.54. The van der Waals surface area contributed by atoms with Crippen LogP contribution in [0.5, 0.6) is 0 Å². The number of carboxylic acids is 1. The van der Waals surface area contributed by atoms with Gasteiger partial charge in [0.15, 0.2) is 0 Å². The number of benzene rings is 2. The molecule has 0 saturated carbocycles. The zero-order valence-corrected chi connectivity index (χ0v) is 18.7. The molecular formula is C25H30N2O6. The molecule has 0 fully saturated rings. The van der Waals surface area contributed by atoms with Gasteiger partial charge in [-0.3, -0.25) is 9.59 Å². The topological polar surface area (TPSA) is 114 Å². The molecule has 2 aromatic rings. The number of carbonyl (C=O) groups excluding carboxylic acids is 2. The third kappa shape index (κ3) is 6.79. The number of carboxylic acid groups (broad SMARTS) is 1. The van der Waals surface area contributed by atoms with E-state index >= 15 is 0 Å². The van der Waals surface area contributed by atoms with E-state index in [9.17, 15) is 14.4 Å². The molecule has 1 aliphatic rings. The maximum atomic E-state index is 12.1. The number of rotatable bonds is 12. The Morgan fingerprint density at radius 2 is 1.61 bits per heavy atom. The van der Waals surface area contributed by atoms with E-state index in [0.717, 1.165) is 11.1 Å². The fourth-order valence-electron chi connectivity index (χ4n) is 3.85. The fraction of sp³-hybridized carbons (Fsp3) is 0.400. The Morgan fingerprint density at radius 1 is 0.970 bits per heavy atom. The van der Waals surface area contributed by atoms with E-state index in [2.05, 4.69) is 34.9 Å². The van der Waals surface area contributed by atoms with Gasteiger partial charge in [-0.1, -0.05) is 55.5 Å². The van der Waals surface area contributed by atoms with E-state index in [-0.39, 0.29) is 38.2 Å². The van der Waals surface area contributed by atoms with Gasteiger partial charge in [-0.25, -0.2) is 4.79 Å². The first-order chi connectivity index (χ1) is 16.0. The van der Waals surface area contributed by atoms with Crippen molar-refractivity contribution < 1.29 is 29.0 Å². The molecule has 33 heavy (non-hydrogen) atoms. The van der Waals surface area contributed by atoms with Gasteiger partial charge in [-0.2, -0.15) is 0 Å². The van der Waals surface area contributed by atoms with Crippen molar-refractivity contribution in [2.24, 2.45) is 5.92 Å². The van der Waals surface area contributed by atoms with Crippen molar-refractivity contribution in [3.05, 3.63) is 59.7 Å². The van der Waals surface area contributed by atoms with E-state index in [4.69, 9.17) is 14.6 Å². The summed E-state index contributed by atoms with van der Waals surface area (Å²) in [6, 6.07) is 16.3. The summed E-state index contributed by atoms with van der Waals surface area (Å²) in [7, 11) is 0. The van der Waals surface area contributed by atoms with Gasteiger partial charge in [0.05, 0.1) is 12.5 Å².